The van der Waals surface area contributed by atoms with Crippen molar-refractivity contribution in [3.63, 3.8) is 0 Å². The van der Waals surface area contributed by atoms with Crippen molar-refractivity contribution in [3.05, 3.63) is 22.6 Å². The van der Waals surface area contributed by atoms with Gasteiger partial charge in [0.1, 0.15) is 10.1 Å². The number of carbonyl (C=O) groups is 1. The van der Waals surface area contributed by atoms with E-state index in [1.807, 2.05) is 0 Å². The monoisotopic (exact) mass is 321 g/mol. The van der Waals surface area contributed by atoms with Gasteiger partial charge in [0, 0.05) is 11.6 Å². The second-order valence-electron chi connectivity index (χ2n) is 5.63. The molecule has 2 atom stereocenters. The van der Waals surface area contributed by atoms with Crippen LogP contribution in [0.1, 0.15) is 43.5 Å². The molecule has 100 valence electrons. The molecule has 0 aliphatic heterocycles. The van der Waals surface area contributed by atoms with Gasteiger partial charge in [-0.2, -0.15) is 0 Å². The van der Waals surface area contributed by atoms with Crippen LogP contribution in [-0.2, 0) is 0 Å². The fourth-order valence-corrected chi connectivity index (χ4v) is 3.31. The van der Waals surface area contributed by atoms with Crippen molar-refractivity contribution in [1.82, 2.24) is 15.0 Å². The third-order valence-corrected chi connectivity index (χ3v) is 4.92. The van der Waals surface area contributed by atoms with Gasteiger partial charge in [-0.1, -0.05) is 20.3 Å². The minimum Gasteiger partial charge on any atom is -0.344 e. The molecule has 0 amide bonds. The number of nitrogens with zero attached hydrogens (tertiary/aromatic N) is 2. The molecule has 1 fully saturated rings. The van der Waals surface area contributed by atoms with Gasteiger partial charge in [-0.3, -0.25) is 4.79 Å². The summed E-state index contributed by atoms with van der Waals surface area (Å²) in [6.07, 6.45) is 6.59. The Morgan fingerprint density at radius 3 is 3.05 bits per heavy atom. The van der Waals surface area contributed by atoms with E-state index < -0.39 is 0 Å². The third-order valence-electron chi connectivity index (χ3n) is 4.54. The summed E-state index contributed by atoms with van der Waals surface area (Å²) in [5.41, 5.74) is 1.74. The molecule has 4 nitrogen and oxygen atoms in total. The lowest BCUT2D eigenvalue weighted by atomic mass is 9.75. The predicted octanol–water partition coefficient (Wildman–Crippen LogP) is 3.73. The van der Waals surface area contributed by atoms with E-state index in [1.165, 1.54) is 0 Å². The average molecular weight is 322 g/mol. The van der Waals surface area contributed by atoms with Gasteiger partial charge in [-0.05, 0) is 34.7 Å². The highest BCUT2D eigenvalue weighted by molar-refractivity contribution is 9.10. The molecule has 0 bridgehead atoms. The van der Waals surface area contributed by atoms with E-state index in [4.69, 9.17) is 0 Å². The van der Waals surface area contributed by atoms with Crippen molar-refractivity contribution < 1.29 is 4.79 Å². The number of H-pyrrole nitrogens is 1. The molecule has 3 rings (SSSR count). The van der Waals surface area contributed by atoms with Crippen LogP contribution >= 0.6 is 15.9 Å². The molecule has 1 aliphatic rings. The van der Waals surface area contributed by atoms with Crippen LogP contribution in [-0.4, -0.2) is 20.7 Å². The van der Waals surface area contributed by atoms with Crippen molar-refractivity contribution in [2.45, 2.75) is 33.1 Å². The van der Waals surface area contributed by atoms with Gasteiger partial charge < -0.3 is 4.98 Å². The van der Waals surface area contributed by atoms with Crippen LogP contribution in [0.15, 0.2) is 17.0 Å². The first-order chi connectivity index (χ1) is 9.02. The normalized spacial score (nSPS) is 27.0. The van der Waals surface area contributed by atoms with E-state index >= 15 is 0 Å². The zero-order chi connectivity index (χ0) is 13.6. The Hall–Kier alpha value is -1.23. The fraction of sp³-hybridized carbons (Fsp3) is 0.500. The smallest absolute Gasteiger partial charge is 0.172 e. The Morgan fingerprint density at radius 2 is 2.37 bits per heavy atom. The Kier molecular flexibility index (Phi) is 2.96. The van der Waals surface area contributed by atoms with E-state index in [0.29, 0.717) is 27.2 Å². The van der Waals surface area contributed by atoms with Gasteiger partial charge in [-0.15, -0.1) is 0 Å². The first kappa shape index (κ1) is 12.8. The number of Topliss-reactive ketones (excluding diaryl/α,β-unsaturated/α-hetero) is 1. The van der Waals surface area contributed by atoms with E-state index in [-0.39, 0.29) is 11.2 Å². The molecule has 1 N–H and O–H groups in total. The summed E-state index contributed by atoms with van der Waals surface area (Å²) in [6.45, 7) is 4.25. The van der Waals surface area contributed by atoms with Crippen molar-refractivity contribution in [3.8, 4) is 0 Å². The number of nitrogens with one attached hydrogen (secondary N) is 1. The number of aromatic nitrogens is 3. The topological polar surface area (TPSA) is 58.6 Å². The molecule has 19 heavy (non-hydrogen) atoms. The summed E-state index contributed by atoms with van der Waals surface area (Å²) in [7, 11) is 0. The number of halogens is 1. The van der Waals surface area contributed by atoms with Gasteiger partial charge >= 0.3 is 0 Å². The Bertz CT molecular complexity index is 651. The first-order valence-corrected chi connectivity index (χ1v) is 7.36. The lowest BCUT2D eigenvalue weighted by Gasteiger charge is -2.27. The summed E-state index contributed by atoms with van der Waals surface area (Å²) in [4.78, 5) is 24.5. The highest BCUT2D eigenvalue weighted by atomic mass is 79.9. The fourth-order valence-electron chi connectivity index (χ4n) is 3.03. The third kappa shape index (κ3) is 1.91. The summed E-state index contributed by atoms with van der Waals surface area (Å²) in [5, 5.41) is 0. The second-order valence-corrected chi connectivity index (χ2v) is 6.44. The summed E-state index contributed by atoms with van der Waals surface area (Å²) in [6, 6.07) is 0. The Morgan fingerprint density at radius 1 is 1.58 bits per heavy atom. The molecule has 1 aliphatic carbocycles. The molecule has 1 saturated carbocycles. The van der Waals surface area contributed by atoms with Crippen LogP contribution in [0, 0.1) is 11.3 Å². The van der Waals surface area contributed by atoms with Crippen molar-refractivity contribution in [2.75, 3.05) is 0 Å². The van der Waals surface area contributed by atoms with Crippen LogP contribution in [0.25, 0.3) is 11.2 Å². The molecule has 2 aromatic rings. The number of fused-ring (bicyclic) bond motifs is 1. The van der Waals surface area contributed by atoms with Crippen LogP contribution in [0.2, 0.25) is 0 Å². The molecule has 0 radical (unpaired) electrons. The van der Waals surface area contributed by atoms with Crippen molar-refractivity contribution >= 4 is 32.9 Å². The molecule has 2 aromatic heterocycles. The molecular weight excluding hydrogens is 306 g/mol. The lowest BCUT2D eigenvalue weighted by molar-refractivity contribution is 0.0767. The predicted molar refractivity (Wildman–Crippen MR) is 77.0 cm³/mol. The van der Waals surface area contributed by atoms with Gasteiger partial charge in [0.15, 0.2) is 11.4 Å². The summed E-state index contributed by atoms with van der Waals surface area (Å²) in [5.74, 6) is 0.612. The minimum absolute atomic E-state index is 0.191. The summed E-state index contributed by atoms with van der Waals surface area (Å²) < 4.78 is 0.651. The van der Waals surface area contributed by atoms with E-state index in [1.54, 1.807) is 12.4 Å². The first-order valence-electron chi connectivity index (χ1n) is 6.57. The van der Waals surface area contributed by atoms with Gasteiger partial charge in [0.25, 0.3) is 0 Å². The van der Waals surface area contributed by atoms with Crippen molar-refractivity contribution in [2.24, 2.45) is 11.3 Å². The SMILES string of the molecule is C[C@H]1CCC[C@@]1(C)C(=O)c1c[nH]c2ncc(Br)nc12. The van der Waals surface area contributed by atoms with Gasteiger partial charge in [0.2, 0.25) is 0 Å². The number of carbonyl (C=O) groups excluding carboxylic acids is 1. The Balaban J connectivity index is 2.09. The maximum Gasteiger partial charge on any atom is 0.172 e. The number of rotatable bonds is 2. The molecule has 0 aromatic carbocycles. The summed E-state index contributed by atoms with van der Waals surface area (Å²) >= 11 is 3.31. The van der Waals surface area contributed by atoms with Crippen LogP contribution in [0.5, 0.6) is 0 Å². The highest BCUT2D eigenvalue weighted by Gasteiger charge is 2.43. The second kappa shape index (κ2) is 4.40. The number of ketones is 1. The molecule has 0 unspecified atom stereocenters. The number of hydrogen-bond acceptors (Lipinski definition) is 3. The average Bonchev–Trinajstić information content (AvgIpc) is 2.94. The zero-order valence-corrected chi connectivity index (χ0v) is 12.6. The van der Waals surface area contributed by atoms with Crippen LogP contribution < -0.4 is 0 Å². The Labute approximate surface area is 120 Å². The van der Waals surface area contributed by atoms with E-state index in [0.717, 1.165) is 19.3 Å². The molecule has 0 saturated heterocycles. The van der Waals surface area contributed by atoms with Gasteiger partial charge in [0.05, 0.1) is 11.8 Å². The maximum absolute atomic E-state index is 12.9. The minimum atomic E-state index is -0.265. The quantitative estimate of drug-likeness (QED) is 0.857. The highest BCUT2D eigenvalue weighted by Crippen LogP contribution is 2.45. The standard InChI is InChI=1S/C14H16BrN3O/c1-8-4-3-5-14(8,2)12(19)9-6-16-13-11(9)18-10(15)7-17-13/h6-8H,3-5H2,1-2H3,(H,16,17)/t8-,14+/m0/s1. The van der Waals surface area contributed by atoms with Crippen LogP contribution in [0.3, 0.4) is 0 Å². The van der Waals surface area contributed by atoms with Gasteiger partial charge in [-0.25, -0.2) is 9.97 Å². The van der Waals surface area contributed by atoms with Crippen LogP contribution in [0.4, 0.5) is 0 Å². The zero-order valence-electron chi connectivity index (χ0n) is 11.0. The molecular formula is C14H16BrN3O. The lowest BCUT2D eigenvalue weighted by Crippen LogP contribution is -2.30. The van der Waals surface area contributed by atoms with E-state index in [2.05, 4.69) is 44.7 Å². The largest absolute Gasteiger partial charge is 0.344 e. The molecule has 0 spiro atoms. The number of aromatic amines is 1. The van der Waals surface area contributed by atoms with E-state index in [9.17, 15) is 4.79 Å². The number of hydrogen-bond donors (Lipinski definition) is 1. The molecule has 2 heterocycles. The van der Waals surface area contributed by atoms with Crippen molar-refractivity contribution in [1.29, 1.82) is 0 Å². The molecule has 5 heteroatoms. The maximum atomic E-state index is 12.9.